The predicted octanol–water partition coefficient (Wildman–Crippen LogP) is 2.65. The van der Waals surface area contributed by atoms with Crippen molar-refractivity contribution in [3.05, 3.63) is 57.5 Å². The number of hydrogen-bond acceptors (Lipinski definition) is 4. The number of rotatable bonds is 7. The van der Waals surface area contributed by atoms with E-state index in [2.05, 4.69) is 34.3 Å². The van der Waals surface area contributed by atoms with Gasteiger partial charge in [-0.25, -0.2) is 4.98 Å². The van der Waals surface area contributed by atoms with E-state index in [0.29, 0.717) is 29.4 Å². The SMILES string of the molecule is CSc1nc(C)c(CCC(=O)NCC(C)c2ccccc2)c(=O)[nH]1. The minimum absolute atomic E-state index is 0.0504. The summed E-state index contributed by atoms with van der Waals surface area (Å²) in [6.45, 7) is 4.47. The first kappa shape index (κ1) is 18.3. The van der Waals surface area contributed by atoms with Crippen LogP contribution in [0.3, 0.4) is 0 Å². The molecule has 0 aliphatic heterocycles. The van der Waals surface area contributed by atoms with Gasteiger partial charge in [0.25, 0.3) is 5.56 Å². The molecule has 1 amide bonds. The van der Waals surface area contributed by atoms with Crippen molar-refractivity contribution in [1.82, 2.24) is 15.3 Å². The van der Waals surface area contributed by atoms with Crippen LogP contribution in [0.15, 0.2) is 40.3 Å². The topological polar surface area (TPSA) is 74.8 Å². The average Bonchev–Trinajstić information content (AvgIpc) is 2.59. The molecule has 1 unspecified atom stereocenters. The molecule has 1 atom stereocenters. The second-order valence-electron chi connectivity index (χ2n) is 5.75. The van der Waals surface area contributed by atoms with Gasteiger partial charge in [-0.1, -0.05) is 49.0 Å². The van der Waals surface area contributed by atoms with Crippen LogP contribution in [0.5, 0.6) is 0 Å². The number of aromatic amines is 1. The zero-order valence-corrected chi connectivity index (χ0v) is 15.1. The molecule has 1 heterocycles. The van der Waals surface area contributed by atoms with Gasteiger partial charge >= 0.3 is 0 Å². The van der Waals surface area contributed by atoms with Gasteiger partial charge in [0.1, 0.15) is 0 Å². The molecule has 2 rings (SSSR count). The van der Waals surface area contributed by atoms with E-state index in [4.69, 9.17) is 0 Å². The average molecular weight is 345 g/mol. The highest BCUT2D eigenvalue weighted by Gasteiger charge is 2.11. The third-order valence-corrected chi connectivity index (χ3v) is 4.55. The van der Waals surface area contributed by atoms with Gasteiger partial charge in [0.15, 0.2) is 5.16 Å². The fraction of sp³-hybridized carbons (Fsp3) is 0.389. The number of H-pyrrole nitrogens is 1. The molecule has 0 saturated heterocycles. The molecule has 0 aliphatic rings. The smallest absolute Gasteiger partial charge is 0.254 e. The molecule has 2 aromatic rings. The maximum Gasteiger partial charge on any atom is 0.254 e. The molecule has 1 aromatic carbocycles. The van der Waals surface area contributed by atoms with Crippen molar-refractivity contribution in [3.63, 3.8) is 0 Å². The maximum atomic E-state index is 12.0. The zero-order valence-electron chi connectivity index (χ0n) is 14.3. The van der Waals surface area contributed by atoms with E-state index in [1.807, 2.05) is 24.5 Å². The second-order valence-corrected chi connectivity index (χ2v) is 6.55. The highest BCUT2D eigenvalue weighted by atomic mass is 32.2. The summed E-state index contributed by atoms with van der Waals surface area (Å²) in [4.78, 5) is 31.1. The fourth-order valence-corrected chi connectivity index (χ4v) is 2.89. The van der Waals surface area contributed by atoms with Crippen LogP contribution < -0.4 is 10.9 Å². The molecular formula is C18H23N3O2S. The van der Waals surface area contributed by atoms with Gasteiger partial charge in [0.2, 0.25) is 5.91 Å². The Kier molecular flexibility index (Phi) is 6.61. The van der Waals surface area contributed by atoms with Gasteiger partial charge in [-0.15, -0.1) is 0 Å². The summed E-state index contributed by atoms with van der Waals surface area (Å²) in [7, 11) is 0. The van der Waals surface area contributed by atoms with Crippen LogP contribution >= 0.6 is 11.8 Å². The Morgan fingerprint density at radius 2 is 2.04 bits per heavy atom. The molecule has 5 nitrogen and oxygen atoms in total. The molecule has 0 aliphatic carbocycles. The molecule has 0 spiro atoms. The quantitative estimate of drug-likeness (QED) is 0.597. The molecule has 0 fully saturated rings. The van der Waals surface area contributed by atoms with Crippen molar-refractivity contribution in [2.24, 2.45) is 0 Å². The van der Waals surface area contributed by atoms with Crippen LogP contribution in [-0.4, -0.2) is 28.7 Å². The van der Waals surface area contributed by atoms with E-state index < -0.39 is 0 Å². The lowest BCUT2D eigenvalue weighted by atomic mass is 10.0. The number of benzene rings is 1. The van der Waals surface area contributed by atoms with Crippen molar-refractivity contribution in [2.45, 2.75) is 37.8 Å². The first-order valence-electron chi connectivity index (χ1n) is 7.96. The summed E-state index contributed by atoms with van der Waals surface area (Å²) in [5.41, 5.74) is 2.31. The minimum Gasteiger partial charge on any atom is -0.355 e. The summed E-state index contributed by atoms with van der Waals surface area (Å²) >= 11 is 1.39. The van der Waals surface area contributed by atoms with Crippen LogP contribution in [0, 0.1) is 6.92 Å². The van der Waals surface area contributed by atoms with E-state index in [0.717, 1.165) is 0 Å². The van der Waals surface area contributed by atoms with Crippen LogP contribution in [0.25, 0.3) is 0 Å². The Balaban J connectivity index is 1.87. The normalized spacial score (nSPS) is 12.0. The molecule has 2 N–H and O–H groups in total. The van der Waals surface area contributed by atoms with E-state index >= 15 is 0 Å². The summed E-state index contributed by atoms with van der Waals surface area (Å²) in [5.74, 6) is 0.202. The van der Waals surface area contributed by atoms with Crippen molar-refractivity contribution in [3.8, 4) is 0 Å². The van der Waals surface area contributed by atoms with Gasteiger partial charge in [0, 0.05) is 24.2 Å². The van der Waals surface area contributed by atoms with Crippen LogP contribution in [0.4, 0.5) is 0 Å². The predicted molar refractivity (Wildman–Crippen MR) is 97.6 cm³/mol. The number of carbonyl (C=O) groups excluding carboxylic acids is 1. The molecule has 0 saturated carbocycles. The van der Waals surface area contributed by atoms with Crippen LogP contribution in [0.2, 0.25) is 0 Å². The monoisotopic (exact) mass is 345 g/mol. The Labute approximate surface area is 146 Å². The van der Waals surface area contributed by atoms with Gasteiger partial charge in [-0.3, -0.25) is 9.59 Å². The van der Waals surface area contributed by atoms with Crippen molar-refractivity contribution in [1.29, 1.82) is 0 Å². The van der Waals surface area contributed by atoms with E-state index in [1.54, 1.807) is 6.92 Å². The van der Waals surface area contributed by atoms with E-state index in [-0.39, 0.29) is 23.8 Å². The zero-order chi connectivity index (χ0) is 17.5. The van der Waals surface area contributed by atoms with Crippen molar-refractivity contribution < 1.29 is 4.79 Å². The number of nitrogens with one attached hydrogen (secondary N) is 2. The first-order valence-corrected chi connectivity index (χ1v) is 9.19. The maximum absolute atomic E-state index is 12.0. The molecule has 128 valence electrons. The Morgan fingerprint density at radius 3 is 2.67 bits per heavy atom. The lowest BCUT2D eigenvalue weighted by Gasteiger charge is -2.13. The Bertz CT molecular complexity index is 744. The number of nitrogens with zero attached hydrogens (tertiary/aromatic N) is 1. The lowest BCUT2D eigenvalue weighted by molar-refractivity contribution is -0.121. The second kappa shape index (κ2) is 8.68. The van der Waals surface area contributed by atoms with Gasteiger partial charge < -0.3 is 10.3 Å². The largest absolute Gasteiger partial charge is 0.355 e. The number of aryl methyl sites for hydroxylation is 1. The van der Waals surface area contributed by atoms with Crippen molar-refractivity contribution >= 4 is 17.7 Å². The number of thioether (sulfide) groups is 1. The number of carbonyl (C=O) groups is 1. The van der Waals surface area contributed by atoms with Crippen molar-refractivity contribution in [2.75, 3.05) is 12.8 Å². The number of aromatic nitrogens is 2. The molecule has 1 aromatic heterocycles. The van der Waals surface area contributed by atoms with Gasteiger partial charge in [-0.2, -0.15) is 0 Å². The Hall–Kier alpha value is -2.08. The highest BCUT2D eigenvalue weighted by molar-refractivity contribution is 7.98. The summed E-state index contributed by atoms with van der Waals surface area (Å²) < 4.78 is 0. The Morgan fingerprint density at radius 1 is 1.33 bits per heavy atom. The van der Waals surface area contributed by atoms with Crippen LogP contribution in [0.1, 0.15) is 36.1 Å². The fourth-order valence-electron chi connectivity index (χ4n) is 2.47. The lowest BCUT2D eigenvalue weighted by Crippen LogP contribution is -2.28. The van der Waals surface area contributed by atoms with E-state index in [9.17, 15) is 9.59 Å². The van der Waals surface area contributed by atoms with Gasteiger partial charge in [-0.05, 0) is 31.1 Å². The highest BCUT2D eigenvalue weighted by Crippen LogP contribution is 2.13. The van der Waals surface area contributed by atoms with Gasteiger partial charge in [0.05, 0.1) is 0 Å². The molecule has 0 radical (unpaired) electrons. The summed E-state index contributed by atoms with van der Waals surface area (Å²) in [6.07, 6.45) is 2.54. The minimum atomic E-state index is -0.155. The molecule has 0 bridgehead atoms. The molecule has 6 heteroatoms. The third kappa shape index (κ3) is 4.96. The van der Waals surface area contributed by atoms with E-state index in [1.165, 1.54) is 17.3 Å². The summed E-state index contributed by atoms with van der Waals surface area (Å²) in [5, 5.41) is 3.54. The third-order valence-electron chi connectivity index (χ3n) is 3.97. The molecule has 24 heavy (non-hydrogen) atoms. The van der Waals surface area contributed by atoms with Crippen LogP contribution in [-0.2, 0) is 11.2 Å². The number of amides is 1. The first-order chi connectivity index (χ1) is 11.5. The number of hydrogen-bond donors (Lipinski definition) is 2. The molecular weight excluding hydrogens is 322 g/mol. The standard InChI is InChI=1S/C18H23N3O2S/c1-12(14-7-5-4-6-8-14)11-19-16(22)10-9-15-13(2)20-18(24-3)21-17(15)23/h4-8,12H,9-11H2,1-3H3,(H,19,22)(H,20,21,23). The summed E-state index contributed by atoms with van der Waals surface area (Å²) in [6, 6.07) is 10.1.